The summed E-state index contributed by atoms with van der Waals surface area (Å²) < 4.78 is 7.25. The predicted molar refractivity (Wildman–Crippen MR) is 78.3 cm³/mol. The van der Waals surface area contributed by atoms with Crippen LogP contribution >= 0.6 is 11.6 Å². The van der Waals surface area contributed by atoms with Crippen LogP contribution in [0.3, 0.4) is 0 Å². The van der Waals surface area contributed by atoms with Crippen molar-refractivity contribution in [1.82, 2.24) is 9.78 Å². The highest BCUT2D eigenvalue weighted by Crippen LogP contribution is 2.26. The molecular weight excluding hydrogens is 296 g/mol. The number of hydrogen-bond donors (Lipinski definition) is 1. The Morgan fingerprint density at radius 2 is 2.24 bits per heavy atom. The molecule has 0 fully saturated rings. The molecule has 1 heterocycles. The highest BCUT2D eigenvalue weighted by molar-refractivity contribution is 6.30. The van der Waals surface area contributed by atoms with Gasteiger partial charge in [0.2, 0.25) is 0 Å². The Morgan fingerprint density at radius 3 is 2.76 bits per heavy atom. The second-order valence-electron chi connectivity index (χ2n) is 4.52. The van der Waals surface area contributed by atoms with E-state index in [2.05, 4.69) is 5.10 Å². The van der Waals surface area contributed by atoms with E-state index in [0.29, 0.717) is 16.5 Å². The first kappa shape index (κ1) is 15.3. The largest absolute Gasteiger partial charge is 0.488 e. The van der Waals surface area contributed by atoms with Gasteiger partial charge in [0.1, 0.15) is 17.5 Å². The van der Waals surface area contributed by atoms with Crippen LogP contribution in [-0.2, 0) is 20.2 Å². The van der Waals surface area contributed by atoms with Gasteiger partial charge in [0.25, 0.3) is 5.69 Å². The average molecular weight is 311 g/mol. The molecule has 0 saturated heterocycles. The summed E-state index contributed by atoms with van der Waals surface area (Å²) in [6.07, 6.45) is 0. The van der Waals surface area contributed by atoms with Gasteiger partial charge in [-0.2, -0.15) is 5.10 Å². The van der Waals surface area contributed by atoms with Crippen LogP contribution in [0.2, 0.25) is 5.15 Å². The monoisotopic (exact) mass is 310 g/mol. The topological polar surface area (TPSA) is 96.2 Å². The lowest BCUT2D eigenvalue weighted by molar-refractivity contribution is -0.384. The lowest BCUT2D eigenvalue weighted by Crippen LogP contribution is -2.04. The van der Waals surface area contributed by atoms with Gasteiger partial charge in [-0.15, -0.1) is 0 Å². The van der Waals surface area contributed by atoms with Crippen LogP contribution < -0.4 is 10.5 Å². The van der Waals surface area contributed by atoms with Gasteiger partial charge in [0, 0.05) is 36.9 Å². The van der Waals surface area contributed by atoms with Crippen molar-refractivity contribution in [3.8, 4) is 5.75 Å². The van der Waals surface area contributed by atoms with E-state index in [4.69, 9.17) is 22.1 Å². The third-order valence-electron chi connectivity index (χ3n) is 3.12. The Bertz CT molecular complexity index is 684. The molecule has 0 aliphatic rings. The Labute approximate surface area is 126 Å². The minimum absolute atomic E-state index is 0.0154. The third kappa shape index (κ3) is 3.14. The molecule has 0 bridgehead atoms. The van der Waals surface area contributed by atoms with Crippen LogP contribution in [0.25, 0.3) is 0 Å². The fourth-order valence-electron chi connectivity index (χ4n) is 1.97. The molecule has 2 aromatic rings. The summed E-state index contributed by atoms with van der Waals surface area (Å²) in [6.45, 7) is 2.21. The number of aromatic nitrogens is 2. The van der Waals surface area contributed by atoms with Crippen molar-refractivity contribution in [1.29, 1.82) is 0 Å². The van der Waals surface area contributed by atoms with Gasteiger partial charge in [-0.1, -0.05) is 11.6 Å². The first-order valence-electron chi connectivity index (χ1n) is 6.22. The molecule has 2 rings (SSSR count). The van der Waals surface area contributed by atoms with Crippen molar-refractivity contribution in [2.75, 3.05) is 0 Å². The van der Waals surface area contributed by atoms with Gasteiger partial charge in [-0.25, -0.2) is 0 Å². The quantitative estimate of drug-likeness (QED) is 0.675. The number of benzene rings is 1. The van der Waals surface area contributed by atoms with E-state index < -0.39 is 4.92 Å². The number of hydrogen-bond acceptors (Lipinski definition) is 5. The molecular formula is C13H15ClN4O3. The standard InChI is InChI=1S/C13H15ClN4O3/c1-8-11(13(14)17(2)16-8)7-21-12-4-3-10(18(19)20)5-9(12)6-15/h3-5H,6-7,15H2,1-2H3. The van der Waals surface area contributed by atoms with Gasteiger partial charge in [0.05, 0.1) is 10.6 Å². The maximum Gasteiger partial charge on any atom is 0.270 e. The number of nitrogens with zero attached hydrogens (tertiary/aromatic N) is 3. The van der Waals surface area contributed by atoms with Gasteiger partial charge in [-0.3, -0.25) is 14.8 Å². The molecule has 7 nitrogen and oxygen atoms in total. The van der Waals surface area contributed by atoms with Crippen molar-refractivity contribution in [2.24, 2.45) is 12.8 Å². The minimum atomic E-state index is -0.467. The van der Waals surface area contributed by atoms with Crippen molar-refractivity contribution in [3.05, 3.63) is 50.3 Å². The third-order valence-corrected chi connectivity index (χ3v) is 3.59. The Morgan fingerprint density at radius 1 is 1.52 bits per heavy atom. The number of ether oxygens (including phenoxy) is 1. The molecule has 0 atom stereocenters. The second kappa shape index (κ2) is 6.11. The number of aryl methyl sites for hydroxylation is 2. The van der Waals surface area contributed by atoms with E-state index in [1.807, 2.05) is 6.92 Å². The fourth-order valence-corrected chi connectivity index (χ4v) is 2.20. The van der Waals surface area contributed by atoms with Crippen LogP contribution in [0.1, 0.15) is 16.8 Å². The maximum absolute atomic E-state index is 10.7. The normalized spacial score (nSPS) is 10.7. The van der Waals surface area contributed by atoms with Crippen LogP contribution in [0.15, 0.2) is 18.2 Å². The van der Waals surface area contributed by atoms with E-state index in [0.717, 1.165) is 11.3 Å². The van der Waals surface area contributed by atoms with Gasteiger partial charge < -0.3 is 10.5 Å². The lowest BCUT2D eigenvalue weighted by Gasteiger charge is -2.10. The number of rotatable bonds is 5. The summed E-state index contributed by atoms with van der Waals surface area (Å²) in [7, 11) is 1.75. The average Bonchev–Trinajstić information content (AvgIpc) is 2.70. The SMILES string of the molecule is Cc1nn(C)c(Cl)c1COc1ccc([N+](=O)[O-])cc1CN. The zero-order valence-corrected chi connectivity index (χ0v) is 12.4. The molecule has 8 heteroatoms. The van der Waals surface area contributed by atoms with Crippen molar-refractivity contribution in [3.63, 3.8) is 0 Å². The molecule has 112 valence electrons. The second-order valence-corrected chi connectivity index (χ2v) is 4.88. The molecule has 0 spiro atoms. The molecule has 0 aliphatic carbocycles. The Kier molecular flexibility index (Phi) is 4.44. The summed E-state index contributed by atoms with van der Waals surface area (Å²) in [5.41, 5.74) is 7.72. The first-order chi connectivity index (χ1) is 9.93. The Balaban J connectivity index is 2.22. The number of nitro groups is 1. The number of non-ortho nitro benzene ring substituents is 1. The molecule has 0 saturated carbocycles. The van der Waals surface area contributed by atoms with E-state index in [1.165, 1.54) is 12.1 Å². The summed E-state index contributed by atoms with van der Waals surface area (Å²) in [6, 6.07) is 4.33. The van der Waals surface area contributed by atoms with Crippen molar-refractivity contribution < 1.29 is 9.66 Å². The molecule has 21 heavy (non-hydrogen) atoms. The van der Waals surface area contributed by atoms with E-state index in [9.17, 15) is 10.1 Å². The van der Waals surface area contributed by atoms with Gasteiger partial charge >= 0.3 is 0 Å². The van der Waals surface area contributed by atoms with E-state index in [-0.39, 0.29) is 18.8 Å². The van der Waals surface area contributed by atoms with Crippen LogP contribution in [0.4, 0.5) is 5.69 Å². The highest BCUT2D eigenvalue weighted by atomic mass is 35.5. The van der Waals surface area contributed by atoms with Gasteiger partial charge in [-0.05, 0) is 13.0 Å². The molecule has 0 unspecified atom stereocenters. The number of halogens is 1. The maximum atomic E-state index is 10.7. The zero-order valence-electron chi connectivity index (χ0n) is 11.7. The van der Waals surface area contributed by atoms with E-state index in [1.54, 1.807) is 17.8 Å². The summed E-state index contributed by atoms with van der Waals surface area (Å²) >= 11 is 6.13. The summed E-state index contributed by atoms with van der Waals surface area (Å²) in [5, 5.41) is 15.4. The predicted octanol–water partition coefficient (Wildman–Crippen LogP) is 2.33. The first-order valence-corrected chi connectivity index (χ1v) is 6.60. The fraction of sp³-hybridized carbons (Fsp3) is 0.308. The van der Waals surface area contributed by atoms with Crippen molar-refractivity contribution >= 4 is 17.3 Å². The summed E-state index contributed by atoms with van der Waals surface area (Å²) in [4.78, 5) is 10.3. The van der Waals surface area contributed by atoms with E-state index >= 15 is 0 Å². The number of nitro benzene ring substituents is 1. The van der Waals surface area contributed by atoms with Gasteiger partial charge in [0.15, 0.2) is 0 Å². The zero-order chi connectivity index (χ0) is 15.6. The Hall–Kier alpha value is -2.12. The minimum Gasteiger partial charge on any atom is -0.488 e. The molecule has 2 N–H and O–H groups in total. The smallest absolute Gasteiger partial charge is 0.270 e. The lowest BCUT2D eigenvalue weighted by atomic mass is 10.2. The molecule has 1 aromatic heterocycles. The van der Waals surface area contributed by atoms with Crippen LogP contribution in [0, 0.1) is 17.0 Å². The molecule has 0 radical (unpaired) electrons. The molecule has 1 aromatic carbocycles. The molecule has 0 amide bonds. The highest BCUT2D eigenvalue weighted by Gasteiger charge is 2.14. The van der Waals surface area contributed by atoms with Crippen LogP contribution in [0.5, 0.6) is 5.75 Å². The van der Waals surface area contributed by atoms with Crippen molar-refractivity contribution in [2.45, 2.75) is 20.1 Å². The van der Waals surface area contributed by atoms with Crippen LogP contribution in [-0.4, -0.2) is 14.7 Å². The summed E-state index contributed by atoms with van der Waals surface area (Å²) in [5.74, 6) is 0.502. The number of nitrogens with two attached hydrogens (primary N) is 1. The molecule has 0 aliphatic heterocycles.